The van der Waals surface area contributed by atoms with Gasteiger partial charge in [0.25, 0.3) is 5.91 Å². The van der Waals surface area contributed by atoms with E-state index in [4.69, 9.17) is 12.2 Å². The van der Waals surface area contributed by atoms with Crippen LogP contribution in [0.2, 0.25) is 0 Å². The predicted molar refractivity (Wildman–Crippen MR) is 49.2 cm³/mol. The highest BCUT2D eigenvalue weighted by Crippen LogP contribution is 2.08. The molecule has 66 valence electrons. The van der Waals surface area contributed by atoms with Crippen molar-refractivity contribution < 1.29 is 14.3 Å². The molecule has 0 radical (unpaired) electrons. The molecular weight excluding hydrogens is 198 g/mol. The molecule has 0 spiro atoms. The first kappa shape index (κ1) is 9.47. The second kappa shape index (κ2) is 3.86. The molecule has 1 fully saturated rings. The first-order chi connectivity index (χ1) is 5.66. The SMILES string of the molecule is CSC(=S)C(=O)N1CCOC1=O. The molecule has 0 unspecified atom stereocenters. The standard InChI is InChI=1S/C6H7NO3S2/c1-12-5(11)4(8)7-2-3-10-6(7)9/h2-3H2,1H3. The number of rotatable bonds is 0. The molecule has 1 heterocycles. The highest BCUT2D eigenvalue weighted by molar-refractivity contribution is 8.24. The Balaban J connectivity index is 2.63. The normalized spacial score (nSPS) is 16.1. The van der Waals surface area contributed by atoms with E-state index in [0.29, 0.717) is 6.54 Å². The van der Waals surface area contributed by atoms with Crippen molar-refractivity contribution in [2.24, 2.45) is 0 Å². The summed E-state index contributed by atoms with van der Waals surface area (Å²) in [4.78, 5) is 23.1. The smallest absolute Gasteiger partial charge is 0.417 e. The fraction of sp³-hybridized carbons (Fsp3) is 0.500. The highest BCUT2D eigenvalue weighted by Gasteiger charge is 2.30. The maximum Gasteiger partial charge on any atom is 0.417 e. The minimum atomic E-state index is -0.601. The summed E-state index contributed by atoms with van der Waals surface area (Å²) >= 11 is 5.89. The third kappa shape index (κ3) is 1.75. The monoisotopic (exact) mass is 205 g/mol. The highest BCUT2D eigenvalue weighted by atomic mass is 32.2. The molecule has 0 aromatic rings. The molecule has 0 atom stereocenters. The molecule has 12 heavy (non-hydrogen) atoms. The fourth-order valence-corrected chi connectivity index (χ4v) is 1.17. The molecular formula is C6H7NO3S2. The summed E-state index contributed by atoms with van der Waals surface area (Å²) in [5.74, 6) is -0.431. The van der Waals surface area contributed by atoms with E-state index >= 15 is 0 Å². The second-order valence-electron chi connectivity index (χ2n) is 2.06. The first-order valence-electron chi connectivity index (χ1n) is 3.23. The number of imide groups is 1. The van der Waals surface area contributed by atoms with Crippen molar-refractivity contribution in [2.45, 2.75) is 0 Å². The summed E-state index contributed by atoms with van der Waals surface area (Å²) in [6.07, 6.45) is 1.10. The number of ether oxygens (including phenoxy) is 1. The lowest BCUT2D eigenvalue weighted by atomic mass is 10.5. The largest absolute Gasteiger partial charge is 0.447 e. The molecule has 2 amide bonds. The molecule has 0 bridgehead atoms. The minimum absolute atomic E-state index is 0.189. The molecule has 0 N–H and O–H groups in total. The molecule has 6 heteroatoms. The number of thioether (sulfide) groups is 1. The van der Waals surface area contributed by atoms with Crippen LogP contribution in [0.5, 0.6) is 0 Å². The third-order valence-corrected chi connectivity index (χ3v) is 2.59. The van der Waals surface area contributed by atoms with Crippen LogP contribution in [0.4, 0.5) is 4.79 Å². The van der Waals surface area contributed by atoms with Gasteiger partial charge in [-0.1, -0.05) is 12.2 Å². The summed E-state index contributed by atoms with van der Waals surface area (Å²) in [5.41, 5.74) is 0. The first-order valence-corrected chi connectivity index (χ1v) is 4.86. The van der Waals surface area contributed by atoms with Gasteiger partial charge in [-0.25, -0.2) is 9.69 Å². The molecule has 0 aromatic carbocycles. The molecule has 1 aliphatic heterocycles. The van der Waals surface area contributed by atoms with Gasteiger partial charge in [0.15, 0.2) is 0 Å². The van der Waals surface area contributed by atoms with Gasteiger partial charge in [-0.15, -0.1) is 11.8 Å². The van der Waals surface area contributed by atoms with Gasteiger partial charge >= 0.3 is 6.09 Å². The average Bonchev–Trinajstić information content (AvgIpc) is 2.48. The molecule has 0 saturated carbocycles. The van der Waals surface area contributed by atoms with E-state index in [0.717, 1.165) is 16.7 Å². The van der Waals surface area contributed by atoms with E-state index in [1.54, 1.807) is 6.26 Å². The number of nitrogens with zero attached hydrogens (tertiary/aromatic N) is 1. The molecule has 4 nitrogen and oxygen atoms in total. The van der Waals surface area contributed by atoms with Crippen LogP contribution in [-0.2, 0) is 9.53 Å². The number of hydrogen-bond donors (Lipinski definition) is 0. The van der Waals surface area contributed by atoms with Crippen LogP contribution < -0.4 is 0 Å². The maximum atomic E-state index is 11.2. The van der Waals surface area contributed by atoms with Crippen molar-refractivity contribution in [1.29, 1.82) is 0 Å². The van der Waals surface area contributed by atoms with Crippen LogP contribution in [0.25, 0.3) is 0 Å². The van der Waals surface area contributed by atoms with Gasteiger partial charge in [0, 0.05) is 0 Å². The lowest BCUT2D eigenvalue weighted by molar-refractivity contribution is -0.120. The number of carbonyl (C=O) groups excluding carboxylic acids is 2. The van der Waals surface area contributed by atoms with Crippen molar-refractivity contribution in [3.63, 3.8) is 0 Å². The Kier molecular flexibility index (Phi) is 3.05. The Morgan fingerprint density at radius 2 is 2.42 bits per heavy atom. The minimum Gasteiger partial charge on any atom is -0.447 e. The van der Waals surface area contributed by atoms with E-state index in [1.165, 1.54) is 0 Å². The Morgan fingerprint density at radius 1 is 1.75 bits per heavy atom. The lowest BCUT2D eigenvalue weighted by Crippen LogP contribution is -2.35. The van der Waals surface area contributed by atoms with Crippen LogP contribution in [0.3, 0.4) is 0 Å². The molecule has 0 aliphatic carbocycles. The maximum absolute atomic E-state index is 11.2. The number of amides is 2. The summed E-state index contributed by atoms with van der Waals surface area (Å²) < 4.78 is 4.77. The zero-order valence-corrected chi connectivity index (χ0v) is 8.04. The van der Waals surface area contributed by atoms with E-state index in [-0.39, 0.29) is 10.8 Å². The van der Waals surface area contributed by atoms with Gasteiger partial charge in [-0.3, -0.25) is 4.79 Å². The van der Waals surface area contributed by atoms with Crippen LogP contribution in [-0.4, -0.2) is 40.5 Å². The summed E-state index contributed by atoms with van der Waals surface area (Å²) in [5, 5.41) is 0. The van der Waals surface area contributed by atoms with Gasteiger partial charge in [-0.05, 0) is 6.26 Å². The van der Waals surface area contributed by atoms with Crippen LogP contribution in [0.1, 0.15) is 0 Å². The van der Waals surface area contributed by atoms with Crippen molar-refractivity contribution in [3.05, 3.63) is 0 Å². The van der Waals surface area contributed by atoms with Crippen molar-refractivity contribution in [1.82, 2.24) is 4.90 Å². The topological polar surface area (TPSA) is 46.6 Å². The molecule has 1 aliphatic rings. The van der Waals surface area contributed by atoms with Gasteiger partial charge in [0.1, 0.15) is 10.8 Å². The second-order valence-corrected chi connectivity index (χ2v) is 3.55. The summed E-state index contributed by atoms with van der Waals surface area (Å²) in [6, 6.07) is 0. The Bertz CT molecular complexity index is 241. The van der Waals surface area contributed by atoms with Crippen molar-refractivity contribution in [3.8, 4) is 0 Å². The van der Waals surface area contributed by atoms with Crippen LogP contribution in [0, 0.1) is 0 Å². The summed E-state index contributed by atoms with van der Waals surface area (Å²) in [6.45, 7) is 0.569. The Morgan fingerprint density at radius 3 is 2.83 bits per heavy atom. The van der Waals surface area contributed by atoms with Gasteiger partial charge in [-0.2, -0.15) is 0 Å². The van der Waals surface area contributed by atoms with Gasteiger partial charge in [0.2, 0.25) is 0 Å². The van der Waals surface area contributed by atoms with Crippen LogP contribution >= 0.6 is 24.0 Å². The quantitative estimate of drug-likeness (QED) is 0.543. The Labute approximate surface area is 79.2 Å². The lowest BCUT2D eigenvalue weighted by Gasteiger charge is -2.08. The van der Waals surface area contributed by atoms with Crippen LogP contribution in [0.15, 0.2) is 0 Å². The predicted octanol–water partition coefficient (Wildman–Crippen LogP) is 0.656. The fourth-order valence-electron chi connectivity index (χ4n) is 0.775. The number of thiocarbonyl (C=S) groups is 1. The number of cyclic esters (lactones) is 1. The average molecular weight is 205 g/mol. The summed E-state index contributed by atoms with van der Waals surface area (Å²) in [7, 11) is 0. The van der Waals surface area contributed by atoms with Crippen molar-refractivity contribution in [2.75, 3.05) is 19.4 Å². The zero-order valence-electron chi connectivity index (χ0n) is 6.40. The third-order valence-electron chi connectivity index (χ3n) is 1.37. The molecule has 1 rings (SSSR count). The Hall–Kier alpha value is -0.620. The van der Waals surface area contributed by atoms with E-state index in [9.17, 15) is 9.59 Å². The number of carbonyl (C=O) groups is 2. The van der Waals surface area contributed by atoms with Gasteiger partial charge in [0.05, 0.1) is 6.54 Å². The van der Waals surface area contributed by atoms with Gasteiger partial charge < -0.3 is 4.74 Å². The number of hydrogen-bond acceptors (Lipinski definition) is 5. The zero-order chi connectivity index (χ0) is 9.14. The molecule has 1 saturated heterocycles. The van der Waals surface area contributed by atoms with E-state index < -0.39 is 12.0 Å². The van der Waals surface area contributed by atoms with E-state index in [2.05, 4.69) is 4.74 Å². The molecule has 0 aromatic heterocycles. The van der Waals surface area contributed by atoms with E-state index in [1.807, 2.05) is 0 Å². The van der Waals surface area contributed by atoms with Crippen molar-refractivity contribution >= 4 is 40.2 Å².